The van der Waals surface area contributed by atoms with Crippen molar-refractivity contribution in [1.29, 1.82) is 0 Å². The highest BCUT2D eigenvalue weighted by atomic mass is 32.2. The molecule has 0 radical (unpaired) electrons. The Balaban J connectivity index is 1.27. The number of hydrogen-bond acceptors (Lipinski definition) is 9. The van der Waals surface area contributed by atoms with Crippen LogP contribution < -0.4 is 14.4 Å². The number of Topliss-reactive ketones (excluding diaryl/α,β-unsaturated/α-hetero) is 1. The summed E-state index contributed by atoms with van der Waals surface area (Å²) in [6.07, 6.45) is 0. The fourth-order valence-corrected chi connectivity index (χ4v) is 7.47. The second-order valence-electron chi connectivity index (χ2n) is 10.8. The fraction of sp³-hybridized carbons (Fsp3) is 0.0811. The van der Waals surface area contributed by atoms with Gasteiger partial charge in [0.1, 0.15) is 17.3 Å². The Labute approximate surface area is 283 Å². The highest BCUT2D eigenvalue weighted by Gasteiger charge is 2.48. The summed E-state index contributed by atoms with van der Waals surface area (Å²) in [5.41, 5.74) is 1.38. The van der Waals surface area contributed by atoms with Crippen LogP contribution in [0.2, 0.25) is 0 Å². The Kier molecular flexibility index (Phi) is 8.62. The number of aliphatic hydroxyl groups excluding tert-OH is 1. The first-order chi connectivity index (χ1) is 23.4. The number of para-hydroxylation sites is 1. The predicted octanol–water partition coefficient (Wildman–Crippen LogP) is 8.55. The van der Waals surface area contributed by atoms with Gasteiger partial charge in [0.15, 0.2) is 15.9 Å². The van der Waals surface area contributed by atoms with Crippen LogP contribution in [0.4, 0.5) is 9.52 Å². The minimum absolute atomic E-state index is 0.0107. The second kappa shape index (κ2) is 13.3. The lowest BCUT2D eigenvalue weighted by Gasteiger charge is -2.23. The summed E-state index contributed by atoms with van der Waals surface area (Å²) < 4.78 is 26.4. The first-order valence-electron chi connectivity index (χ1n) is 14.8. The first-order valence-corrected chi connectivity index (χ1v) is 16.6. The van der Waals surface area contributed by atoms with E-state index in [4.69, 9.17) is 9.47 Å². The maximum Gasteiger partial charge on any atom is 0.301 e. The van der Waals surface area contributed by atoms with E-state index < -0.39 is 29.3 Å². The summed E-state index contributed by atoms with van der Waals surface area (Å²) in [5, 5.41) is 22.6. The summed E-state index contributed by atoms with van der Waals surface area (Å²) in [5.74, 6) is -1.49. The van der Waals surface area contributed by atoms with Crippen LogP contribution in [0.1, 0.15) is 22.7 Å². The van der Waals surface area contributed by atoms with Gasteiger partial charge in [0, 0.05) is 11.3 Å². The van der Waals surface area contributed by atoms with Crippen molar-refractivity contribution >= 4 is 56.5 Å². The zero-order valence-corrected chi connectivity index (χ0v) is 27.0. The number of halogens is 1. The number of aromatic nitrogens is 2. The van der Waals surface area contributed by atoms with Crippen molar-refractivity contribution in [2.75, 3.05) is 12.0 Å². The van der Waals surface area contributed by atoms with Crippen LogP contribution in [0.5, 0.6) is 17.2 Å². The molecule has 11 heteroatoms. The lowest BCUT2D eigenvalue weighted by Crippen LogP contribution is -2.29. The highest BCUT2D eigenvalue weighted by molar-refractivity contribution is 8.00. The molecule has 1 fully saturated rings. The Morgan fingerprint density at radius 3 is 2.46 bits per heavy atom. The topological polar surface area (TPSA) is 102 Å². The van der Waals surface area contributed by atoms with E-state index in [1.165, 1.54) is 35.9 Å². The molecule has 0 bridgehead atoms. The number of amides is 1. The molecule has 238 valence electrons. The van der Waals surface area contributed by atoms with Gasteiger partial charge < -0.3 is 14.6 Å². The van der Waals surface area contributed by atoms with Crippen molar-refractivity contribution in [3.63, 3.8) is 0 Å². The molecule has 0 spiro atoms. The summed E-state index contributed by atoms with van der Waals surface area (Å²) in [4.78, 5) is 28.7. The maximum absolute atomic E-state index is 14.7. The van der Waals surface area contributed by atoms with Gasteiger partial charge in [-0.2, -0.15) is 0 Å². The molecular formula is C37H26FN3O5S2. The zero-order valence-electron chi connectivity index (χ0n) is 25.4. The van der Waals surface area contributed by atoms with E-state index in [-0.39, 0.29) is 22.0 Å². The number of anilines is 1. The minimum Gasteiger partial charge on any atom is -0.507 e. The molecule has 1 aliphatic heterocycles. The number of ether oxygens (including phenoxy) is 2. The summed E-state index contributed by atoms with van der Waals surface area (Å²) in [7, 11) is 1.32. The molecule has 1 N–H and O–H groups in total. The van der Waals surface area contributed by atoms with Crippen LogP contribution >= 0.6 is 23.1 Å². The van der Waals surface area contributed by atoms with E-state index in [1.54, 1.807) is 36.4 Å². The number of ketones is 1. The van der Waals surface area contributed by atoms with Gasteiger partial charge in [-0.3, -0.25) is 14.5 Å². The van der Waals surface area contributed by atoms with Gasteiger partial charge in [-0.25, -0.2) is 4.39 Å². The molecule has 8 nitrogen and oxygen atoms in total. The quantitative estimate of drug-likeness (QED) is 0.0535. The van der Waals surface area contributed by atoms with Crippen molar-refractivity contribution in [2.24, 2.45) is 0 Å². The summed E-state index contributed by atoms with van der Waals surface area (Å²) in [6, 6.07) is 33.0. The van der Waals surface area contributed by atoms with Crippen molar-refractivity contribution in [1.82, 2.24) is 10.2 Å². The van der Waals surface area contributed by atoms with Gasteiger partial charge in [-0.15, -0.1) is 10.2 Å². The molecule has 1 amide bonds. The molecular weight excluding hydrogens is 650 g/mol. The maximum atomic E-state index is 14.7. The number of rotatable bonds is 9. The minimum atomic E-state index is -1.11. The number of carbonyl (C=O) groups is 2. The number of aliphatic hydroxyl groups is 1. The summed E-state index contributed by atoms with van der Waals surface area (Å²) in [6.45, 7) is 0. The normalized spacial score (nSPS) is 15.6. The van der Waals surface area contributed by atoms with Gasteiger partial charge in [0.25, 0.3) is 5.78 Å². The lowest BCUT2D eigenvalue weighted by molar-refractivity contribution is -0.132. The van der Waals surface area contributed by atoms with Crippen molar-refractivity contribution < 1.29 is 28.6 Å². The molecule has 1 unspecified atom stereocenters. The number of nitrogens with zero attached hydrogens (tertiary/aromatic N) is 3. The number of carbonyl (C=O) groups excluding carboxylic acids is 2. The van der Waals surface area contributed by atoms with Gasteiger partial charge in [-0.05, 0) is 64.4 Å². The van der Waals surface area contributed by atoms with E-state index in [1.807, 2.05) is 36.4 Å². The van der Waals surface area contributed by atoms with Crippen LogP contribution in [0, 0.1) is 5.82 Å². The molecule has 1 aromatic heterocycles. The first kappa shape index (κ1) is 31.1. The van der Waals surface area contributed by atoms with Crippen LogP contribution in [0.3, 0.4) is 0 Å². The Hall–Kier alpha value is -5.52. The van der Waals surface area contributed by atoms with Gasteiger partial charge in [-0.1, -0.05) is 95.9 Å². The smallest absolute Gasteiger partial charge is 0.301 e. The van der Waals surface area contributed by atoms with Crippen molar-refractivity contribution in [2.45, 2.75) is 16.1 Å². The second-order valence-corrected chi connectivity index (χ2v) is 13.0. The largest absolute Gasteiger partial charge is 0.507 e. The number of benzene rings is 5. The van der Waals surface area contributed by atoms with E-state index in [9.17, 15) is 19.1 Å². The Morgan fingerprint density at radius 1 is 0.896 bits per heavy atom. The standard InChI is InChI=1S/C37H26FN3O5S2/c1-45-30-18-17-24(20-29(30)38)33(42)31-32(23-11-8-15-27(19-23)46-26-13-3-2-4-14-26)41(35(44)34(31)43)36-39-40-37(48-36)47-21-25-12-7-10-22-9-5-6-16-28(22)25/h2-20,32,42H,21H2,1H3/b33-31+. The average Bonchev–Trinajstić information content (AvgIpc) is 3.69. The van der Waals surface area contributed by atoms with E-state index in [0.717, 1.165) is 33.7 Å². The molecule has 48 heavy (non-hydrogen) atoms. The molecule has 1 saturated heterocycles. The molecule has 7 rings (SSSR count). The summed E-state index contributed by atoms with van der Waals surface area (Å²) >= 11 is 2.63. The highest BCUT2D eigenvalue weighted by Crippen LogP contribution is 2.45. The molecule has 5 aromatic carbocycles. The molecule has 1 atom stereocenters. The molecule has 0 aliphatic carbocycles. The lowest BCUT2D eigenvalue weighted by atomic mass is 9.95. The van der Waals surface area contributed by atoms with Crippen LogP contribution in [-0.4, -0.2) is 34.1 Å². The zero-order chi connectivity index (χ0) is 33.2. The molecule has 6 aromatic rings. The van der Waals surface area contributed by atoms with E-state index >= 15 is 0 Å². The Bertz CT molecular complexity index is 2200. The third kappa shape index (κ3) is 6.01. The third-order valence-corrected chi connectivity index (χ3v) is 9.96. The van der Waals surface area contributed by atoms with E-state index in [2.05, 4.69) is 34.5 Å². The van der Waals surface area contributed by atoms with Crippen LogP contribution in [0.25, 0.3) is 16.5 Å². The van der Waals surface area contributed by atoms with Crippen molar-refractivity contribution in [3.05, 3.63) is 143 Å². The van der Waals surface area contributed by atoms with Crippen molar-refractivity contribution in [3.8, 4) is 17.2 Å². The number of fused-ring (bicyclic) bond motifs is 1. The molecule has 0 saturated carbocycles. The van der Waals surface area contributed by atoms with Crippen LogP contribution in [-0.2, 0) is 15.3 Å². The molecule has 1 aliphatic rings. The number of hydrogen-bond donors (Lipinski definition) is 1. The van der Waals surface area contributed by atoms with E-state index in [0.29, 0.717) is 27.2 Å². The number of methoxy groups -OCH3 is 1. The van der Waals surface area contributed by atoms with Gasteiger partial charge >= 0.3 is 5.91 Å². The average molecular weight is 676 g/mol. The predicted molar refractivity (Wildman–Crippen MR) is 184 cm³/mol. The third-order valence-electron chi connectivity index (χ3n) is 7.86. The SMILES string of the molecule is COc1ccc(/C(O)=C2\C(=O)C(=O)N(c3nnc(SCc4cccc5ccccc45)s3)C2c2cccc(Oc3ccccc3)c2)cc1F. The van der Waals surface area contributed by atoms with Gasteiger partial charge in [0.05, 0.1) is 18.7 Å². The van der Waals surface area contributed by atoms with Gasteiger partial charge in [0.2, 0.25) is 5.13 Å². The monoisotopic (exact) mass is 675 g/mol. The molecule has 2 heterocycles. The number of thioether (sulfide) groups is 1. The van der Waals surface area contributed by atoms with Crippen LogP contribution in [0.15, 0.2) is 125 Å². The Morgan fingerprint density at radius 2 is 1.65 bits per heavy atom. The fourth-order valence-electron chi connectivity index (χ4n) is 5.60.